The highest BCUT2D eigenvalue weighted by Crippen LogP contribution is 2.02. The van der Waals surface area contributed by atoms with Crippen LogP contribution >= 0.6 is 0 Å². The molecule has 1 aliphatic rings. The zero-order chi connectivity index (χ0) is 11.3. The Labute approximate surface area is 89.8 Å². The van der Waals surface area contributed by atoms with Gasteiger partial charge in [-0.15, -0.1) is 0 Å². The molecule has 1 aliphatic heterocycles. The first-order chi connectivity index (χ1) is 7.19. The van der Waals surface area contributed by atoms with Gasteiger partial charge >= 0.3 is 0 Å². The number of nitrogens with two attached hydrogens (primary N) is 2. The molecule has 5 N–H and O–H groups in total. The highest BCUT2D eigenvalue weighted by atomic mass is 16.3. The van der Waals surface area contributed by atoms with Crippen molar-refractivity contribution in [3.05, 3.63) is 0 Å². The van der Waals surface area contributed by atoms with Crippen molar-refractivity contribution in [1.29, 1.82) is 0 Å². The van der Waals surface area contributed by atoms with E-state index in [-0.39, 0.29) is 19.1 Å². The van der Waals surface area contributed by atoms with Crippen molar-refractivity contribution in [2.45, 2.75) is 6.04 Å². The second-order valence-electron chi connectivity index (χ2n) is 3.73. The van der Waals surface area contributed by atoms with Crippen LogP contribution < -0.4 is 11.5 Å². The molecule has 0 radical (unpaired) electrons. The Morgan fingerprint density at radius 2 is 1.93 bits per heavy atom. The van der Waals surface area contributed by atoms with Gasteiger partial charge in [-0.25, -0.2) is 0 Å². The fraction of sp³-hybridized carbons (Fsp3) is 0.889. The number of carbonyl (C=O) groups excluding carboxylic acids is 1. The Morgan fingerprint density at radius 1 is 1.33 bits per heavy atom. The van der Waals surface area contributed by atoms with E-state index in [1.807, 2.05) is 0 Å². The summed E-state index contributed by atoms with van der Waals surface area (Å²) in [6, 6.07) is -0.575. The molecule has 0 aromatic carbocycles. The number of carbonyl (C=O) groups is 1. The average molecular weight is 216 g/mol. The van der Waals surface area contributed by atoms with Crippen LogP contribution in [0.2, 0.25) is 0 Å². The Bertz CT molecular complexity index is 204. The minimum Gasteiger partial charge on any atom is -0.395 e. The van der Waals surface area contributed by atoms with E-state index in [1.165, 1.54) is 0 Å². The number of hydrogen-bond acceptors (Lipinski definition) is 5. The summed E-state index contributed by atoms with van der Waals surface area (Å²) in [4.78, 5) is 15.5. The van der Waals surface area contributed by atoms with Gasteiger partial charge in [0.05, 0.1) is 12.6 Å². The molecule has 0 saturated carbocycles. The summed E-state index contributed by atoms with van der Waals surface area (Å²) >= 11 is 0. The molecular formula is C9H20N4O2. The van der Waals surface area contributed by atoms with Crippen molar-refractivity contribution < 1.29 is 9.90 Å². The minimum absolute atomic E-state index is 0.0684. The van der Waals surface area contributed by atoms with Gasteiger partial charge in [0.1, 0.15) is 0 Å². The molecule has 0 aliphatic carbocycles. The molecule has 1 rings (SSSR count). The van der Waals surface area contributed by atoms with Gasteiger partial charge in [-0.05, 0) is 0 Å². The zero-order valence-corrected chi connectivity index (χ0v) is 8.93. The van der Waals surface area contributed by atoms with Crippen molar-refractivity contribution >= 4 is 5.91 Å². The van der Waals surface area contributed by atoms with E-state index in [0.717, 1.165) is 13.1 Å². The largest absolute Gasteiger partial charge is 0.395 e. The van der Waals surface area contributed by atoms with Gasteiger partial charge in [0.2, 0.25) is 5.91 Å². The maximum absolute atomic E-state index is 11.6. The Balaban J connectivity index is 2.33. The monoisotopic (exact) mass is 216 g/mol. The van der Waals surface area contributed by atoms with Gasteiger partial charge in [0.25, 0.3) is 0 Å². The molecule has 15 heavy (non-hydrogen) atoms. The molecule has 88 valence electrons. The van der Waals surface area contributed by atoms with E-state index >= 15 is 0 Å². The lowest BCUT2D eigenvalue weighted by Crippen LogP contribution is -2.55. The summed E-state index contributed by atoms with van der Waals surface area (Å²) < 4.78 is 0. The quantitative estimate of drug-likeness (QED) is 0.479. The van der Waals surface area contributed by atoms with Crippen molar-refractivity contribution in [1.82, 2.24) is 9.80 Å². The summed E-state index contributed by atoms with van der Waals surface area (Å²) in [5, 5.41) is 8.76. The number of aliphatic hydroxyl groups excluding tert-OH is 1. The van der Waals surface area contributed by atoms with Crippen LogP contribution in [0.5, 0.6) is 0 Å². The molecule has 1 amide bonds. The van der Waals surface area contributed by atoms with E-state index in [0.29, 0.717) is 19.6 Å². The smallest absolute Gasteiger partial charge is 0.240 e. The summed E-state index contributed by atoms with van der Waals surface area (Å²) in [5.74, 6) is -0.0684. The summed E-state index contributed by atoms with van der Waals surface area (Å²) in [6.45, 7) is 3.96. The Kier molecular flexibility index (Phi) is 4.97. The second kappa shape index (κ2) is 6.02. The Hall–Kier alpha value is -0.690. The third kappa shape index (κ3) is 3.42. The zero-order valence-electron chi connectivity index (χ0n) is 8.93. The van der Waals surface area contributed by atoms with E-state index in [9.17, 15) is 4.79 Å². The lowest BCUT2D eigenvalue weighted by molar-refractivity contribution is -0.134. The molecule has 0 aromatic rings. The lowest BCUT2D eigenvalue weighted by atomic mass is 10.2. The van der Waals surface area contributed by atoms with Crippen molar-refractivity contribution in [3.8, 4) is 0 Å². The fourth-order valence-corrected chi connectivity index (χ4v) is 1.67. The second-order valence-corrected chi connectivity index (χ2v) is 3.73. The molecule has 0 bridgehead atoms. The van der Waals surface area contributed by atoms with Crippen LogP contribution in [0, 0.1) is 0 Å². The molecule has 0 aromatic heterocycles. The lowest BCUT2D eigenvalue weighted by Gasteiger charge is -2.35. The number of β-amino-alcohol motifs (C(OH)–C–C–N with tert-alkyl or cyclic N) is 1. The van der Waals surface area contributed by atoms with Crippen LogP contribution in [0.15, 0.2) is 0 Å². The third-order valence-corrected chi connectivity index (χ3v) is 2.67. The predicted octanol–water partition coefficient (Wildman–Crippen LogP) is -2.59. The maximum atomic E-state index is 11.6. The Morgan fingerprint density at radius 3 is 2.40 bits per heavy atom. The maximum Gasteiger partial charge on any atom is 0.240 e. The van der Waals surface area contributed by atoms with Gasteiger partial charge in [0.15, 0.2) is 0 Å². The van der Waals surface area contributed by atoms with Crippen molar-refractivity contribution in [2.24, 2.45) is 11.5 Å². The number of amides is 1. The fourth-order valence-electron chi connectivity index (χ4n) is 1.67. The van der Waals surface area contributed by atoms with Gasteiger partial charge in [-0.1, -0.05) is 0 Å². The number of hydrogen-bond donors (Lipinski definition) is 3. The highest BCUT2D eigenvalue weighted by molar-refractivity contribution is 5.82. The van der Waals surface area contributed by atoms with Crippen LogP contribution in [0.1, 0.15) is 0 Å². The molecule has 1 saturated heterocycles. The first kappa shape index (κ1) is 12.4. The van der Waals surface area contributed by atoms with E-state index < -0.39 is 6.04 Å². The first-order valence-corrected chi connectivity index (χ1v) is 5.26. The minimum atomic E-state index is -0.575. The molecule has 6 heteroatoms. The summed E-state index contributed by atoms with van der Waals surface area (Å²) in [6.07, 6.45) is 0. The van der Waals surface area contributed by atoms with Gasteiger partial charge in [-0.3, -0.25) is 9.69 Å². The molecule has 1 fully saturated rings. The molecular weight excluding hydrogens is 196 g/mol. The van der Waals surface area contributed by atoms with Crippen LogP contribution in [0.4, 0.5) is 0 Å². The van der Waals surface area contributed by atoms with Crippen LogP contribution in [-0.2, 0) is 4.79 Å². The van der Waals surface area contributed by atoms with Crippen molar-refractivity contribution in [2.75, 3.05) is 45.9 Å². The highest BCUT2D eigenvalue weighted by Gasteiger charge is 2.23. The van der Waals surface area contributed by atoms with Gasteiger partial charge in [0, 0.05) is 39.3 Å². The molecule has 1 heterocycles. The van der Waals surface area contributed by atoms with E-state index in [4.69, 9.17) is 16.6 Å². The summed E-state index contributed by atoms with van der Waals surface area (Å²) in [7, 11) is 0. The van der Waals surface area contributed by atoms with Crippen LogP contribution in [0.3, 0.4) is 0 Å². The van der Waals surface area contributed by atoms with E-state index in [1.54, 1.807) is 4.90 Å². The SMILES string of the molecule is NC[C@@H](N)C(=O)N1CCN(CCO)CC1. The standard InChI is InChI=1S/C9H20N4O2/c10-7-8(11)9(15)13-3-1-12(2-4-13)5-6-14/h8,14H,1-7,10-11H2/t8-/m1/s1. The molecule has 6 nitrogen and oxygen atoms in total. The number of nitrogens with zero attached hydrogens (tertiary/aromatic N) is 2. The van der Waals surface area contributed by atoms with E-state index in [2.05, 4.69) is 4.90 Å². The molecule has 0 unspecified atom stereocenters. The predicted molar refractivity (Wildman–Crippen MR) is 57.1 cm³/mol. The normalized spacial score (nSPS) is 20.3. The topological polar surface area (TPSA) is 95.8 Å². The molecule has 1 atom stereocenters. The number of rotatable bonds is 4. The van der Waals surface area contributed by atoms with Gasteiger partial charge < -0.3 is 21.5 Å². The molecule has 0 spiro atoms. The van der Waals surface area contributed by atoms with Crippen molar-refractivity contribution in [3.63, 3.8) is 0 Å². The number of aliphatic hydroxyl groups is 1. The summed E-state index contributed by atoms with van der Waals surface area (Å²) in [5.41, 5.74) is 10.9. The van der Waals surface area contributed by atoms with Crippen LogP contribution in [-0.4, -0.2) is 72.7 Å². The van der Waals surface area contributed by atoms with Crippen LogP contribution in [0.25, 0.3) is 0 Å². The van der Waals surface area contributed by atoms with Gasteiger partial charge in [-0.2, -0.15) is 0 Å². The third-order valence-electron chi connectivity index (χ3n) is 2.67. The first-order valence-electron chi connectivity index (χ1n) is 5.26. The average Bonchev–Trinajstić information content (AvgIpc) is 2.28. The number of piperazine rings is 1.